The Morgan fingerprint density at radius 1 is 1.19 bits per heavy atom. The summed E-state index contributed by atoms with van der Waals surface area (Å²) in [6.45, 7) is 3.32. The van der Waals surface area contributed by atoms with Crippen LogP contribution >= 0.6 is 11.3 Å². The molecule has 6 nitrogen and oxygen atoms in total. The number of ether oxygens (including phenoxy) is 1. The van der Waals surface area contributed by atoms with Gasteiger partial charge in [-0.25, -0.2) is 4.99 Å². The quantitative estimate of drug-likeness (QED) is 0.482. The van der Waals surface area contributed by atoms with Gasteiger partial charge in [-0.2, -0.15) is 0 Å². The molecule has 0 radical (unpaired) electrons. The Labute approximate surface area is 187 Å². The van der Waals surface area contributed by atoms with E-state index >= 15 is 0 Å². The van der Waals surface area contributed by atoms with Crippen molar-refractivity contribution in [2.75, 3.05) is 7.11 Å². The van der Waals surface area contributed by atoms with Gasteiger partial charge in [0.15, 0.2) is 10.6 Å². The first kappa shape index (κ1) is 20.2. The van der Waals surface area contributed by atoms with Gasteiger partial charge in [-0.3, -0.25) is 14.2 Å². The van der Waals surface area contributed by atoms with Gasteiger partial charge in [0.25, 0.3) is 5.56 Å². The van der Waals surface area contributed by atoms with Crippen LogP contribution in [0.3, 0.4) is 0 Å². The van der Waals surface area contributed by atoms with Gasteiger partial charge in [0.2, 0.25) is 0 Å². The maximum atomic E-state index is 13.6. The molecule has 2 aromatic heterocycles. The Bertz CT molecular complexity index is 1570. The summed E-state index contributed by atoms with van der Waals surface area (Å²) in [5, 5.41) is 1.92. The van der Waals surface area contributed by atoms with Crippen LogP contribution in [0.25, 0.3) is 16.8 Å². The maximum Gasteiger partial charge on any atom is 0.271 e. The Balaban J connectivity index is 1.89. The summed E-state index contributed by atoms with van der Waals surface area (Å²) in [7, 11) is 1.60. The molecule has 4 aromatic rings. The second-order valence-corrected chi connectivity index (χ2v) is 8.57. The van der Waals surface area contributed by atoms with E-state index in [0.29, 0.717) is 32.1 Å². The largest absolute Gasteiger partial charge is 0.496 e. The van der Waals surface area contributed by atoms with Crippen molar-refractivity contribution in [1.29, 1.82) is 0 Å². The zero-order chi connectivity index (χ0) is 22.4. The number of hydrogen-bond acceptors (Lipinski definition) is 6. The van der Waals surface area contributed by atoms with Crippen molar-refractivity contribution >= 4 is 34.0 Å². The van der Waals surface area contributed by atoms with E-state index in [1.165, 1.54) is 18.3 Å². The second kappa shape index (κ2) is 7.76. The zero-order valence-corrected chi connectivity index (χ0v) is 18.6. The molecular formula is C25H20N2O4S. The summed E-state index contributed by atoms with van der Waals surface area (Å²) in [6.07, 6.45) is 3.26. The summed E-state index contributed by atoms with van der Waals surface area (Å²) in [4.78, 5) is 31.6. The van der Waals surface area contributed by atoms with E-state index in [0.717, 1.165) is 16.3 Å². The van der Waals surface area contributed by atoms with E-state index in [-0.39, 0.29) is 11.3 Å². The number of fused-ring (bicyclic) bond motifs is 2. The molecule has 0 fully saturated rings. The molecule has 7 heteroatoms. The molecule has 32 heavy (non-hydrogen) atoms. The fraction of sp³-hybridized carbons (Fsp3) is 0.160. The normalized spacial score (nSPS) is 16.2. The molecule has 0 saturated carbocycles. The van der Waals surface area contributed by atoms with Crippen LogP contribution < -0.4 is 19.6 Å². The van der Waals surface area contributed by atoms with Crippen molar-refractivity contribution < 1.29 is 13.9 Å². The number of aromatic nitrogens is 1. The molecule has 160 valence electrons. The van der Waals surface area contributed by atoms with Crippen LogP contribution in [-0.2, 0) is 4.79 Å². The highest BCUT2D eigenvalue weighted by Gasteiger charge is 2.33. The highest BCUT2D eigenvalue weighted by atomic mass is 32.1. The molecule has 1 aliphatic heterocycles. The molecule has 0 bridgehead atoms. The third-order valence-electron chi connectivity index (χ3n) is 5.64. The number of ketones is 1. The molecule has 2 aromatic carbocycles. The molecular weight excluding hydrogens is 424 g/mol. The third kappa shape index (κ3) is 3.13. The van der Waals surface area contributed by atoms with Gasteiger partial charge < -0.3 is 9.15 Å². The Kier molecular flexibility index (Phi) is 4.90. The number of carbonyl (C=O) groups is 1. The van der Waals surface area contributed by atoms with Crippen molar-refractivity contribution in [3.8, 4) is 5.75 Å². The van der Waals surface area contributed by atoms with Gasteiger partial charge in [-0.05, 0) is 42.8 Å². The second-order valence-electron chi connectivity index (χ2n) is 7.56. The summed E-state index contributed by atoms with van der Waals surface area (Å²) >= 11 is 1.28. The highest BCUT2D eigenvalue weighted by molar-refractivity contribution is 7.07. The van der Waals surface area contributed by atoms with Crippen LogP contribution in [0.1, 0.15) is 31.2 Å². The third-order valence-corrected chi connectivity index (χ3v) is 6.62. The summed E-state index contributed by atoms with van der Waals surface area (Å²) in [5.41, 5.74) is 1.63. The van der Waals surface area contributed by atoms with Gasteiger partial charge in [0.05, 0.1) is 23.9 Å². The fourth-order valence-electron chi connectivity index (χ4n) is 4.28. The number of Topliss-reactive ketones (excluding diaryl/α,β-unsaturated/α-hetero) is 1. The van der Waals surface area contributed by atoms with Crippen molar-refractivity contribution in [2.45, 2.75) is 19.9 Å². The summed E-state index contributed by atoms with van der Waals surface area (Å²) in [6, 6.07) is 14.6. The van der Waals surface area contributed by atoms with Crippen molar-refractivity contribution in [2.24, 2.45) is 4.99 Å². The lowest BCUT2D eigenvalue weighted by Gasteiger charge is -2.27. The minimum Gasteiger partial charge on any atom is -0.496 e. The van der Waals surface area contributed by atoms with Gasteiger partial charge >= 0.3 is 0 Å². The minimum absolute atomic E-state index is 0.133. The lowest BCUT2D eigenvalue weighted by atomic mass is 9.89. The molecule has 1 unspecified atom stereocenters. The van der Waals surface area contributed by atoms with Gasteiger partial charge in [0, 0.05) is 22.9 Å². The maximum absolute atomic E-state index is 13.6. The predicted octanol–water partition coefficient (Wildman–Crippen LogP) is 3.58. The summed E-state index contributed by atoms with van der Waals surface area (Å²) < 4.78 is 13.2. The van der Waals surface area contributed by atoms with Crippen molar-refractivity contribution in [1.82, 2.24) is 4.57 Å². The molecule has 5 rings (SSSR count). The first-order valence-corrected chi connectivity index (χ1v) is 10.9. The topological polar surface area (TPSA) is 73.8 Å². The average molecular weight is 445 g/mol. The number of thiazole rings is 1. The predicted molar refractivity (Wildman–Crippen MR) is 124 cm³/mol. The van der Waals surface area contributed by atoms with Crippen LogP contribution in [-0.4, -0.2) is 17.5 Å². The number of carbonyl (C=O) groups excluding carboxylic acids is 1. The van der Waals surface area contributed by atoms with Crippen molar-refractivity contribution in [3.05, 3.63) is 97.1 Å². The van der Waals surface area contributed by atoms with Gasteiger partial charge in [-0.15, -0.1) is 0 Å². The van der Waals surface area contributed by atoms with E-state index in [4.69, 9.17) is 9.15 Å². The van der Waals surface area contributed by atoms with E-state index in [1.807, 2.05) is 43.3 Å². The molecule has 3 heterocycles. The Morgan fingerprint density at radius 2 is 2.00 bits per heavy atom. The van der Waals surface area contributed by atoms with Crippen molar-refractivity contribution in [3.63, 3.8) is 0 Å². The fourth-order valence-corrected chi connectivity index (χ4v) is 5.31. The monoisotopic (exact) mass is 444 g/mol. The number of benzene rings is 2. The number of rotatable bonds is 4. The SMILES string of the molecule is COc1ccc2ccccc2c1C1C(C(C)=O)=C(C)N=c2sc(=Cc3ccco3)c(=O)n21. The lowest BCUT2D eigenvalue weighted by molar-refractivity contribution is -0.114. The van der Waals surface area contributed by atoms with Crippen LogP contribution in [0.2, 0.25) is 0 Å². The average Bonchev–Trinajstić information content (AvgIpc) is 3.40. The Morgan fingerprint density at radius 3 is 2.72 bits per heavy atom. The molecule has 0 N–H and O–H groups in total. The van der Waals surface area contributed by atoms with E-state index in [1.54, 1.807) is 36.1 Å². The van der Waals surface area contributed by atoms with Crippen LogP contribution in [0.4, 0.5) is 0 Å². The summed E-state index contributed by atoms with van der Waals surface area (Å²) in [5.74, 6) is 1.06. The van der Waals surface area contributed by atoms with Crippen LogP contribution in [0.5, 0.6) is 5.75 Å². The van der Waals surface area contributed by atoms with E-state index in [9.17, 15) is 9.59 Å². The van der Waals surface area contributed by atoms with Crippen LogP contribution in [0, 0.1) is 0 Å². The minimum atomic E-state index is -0.649. The van der Waals surface area contributed by atoms with E-state index in [2.05, 4.69) is 4.99 Å². The van der Waals surface area contributed by atoms with Gasteiger partial charge in [0.1, 0.15) is 11.5 Å². The molecule has 0 amide bonds. The lowest BCUT2D eigenvalue weighted by Crippen LogP contribution is -2.39. The number of methoxy groups -OCH3 is 1. The number of furan rings is 1. The number of allylic oxidation sites excluding steroid dienone is 2. The number of hydrogen-bond donors (Lipinski definition) is 0. The first-order valence-electron chi connectivity index (χ1n) is 10.1. The number of nitrogens with zero attached hydrogens (tertiary/aromatic N) is 2. The zero-order valence-electron chi connectivity index (χ0n) is 17.8. The molecule has 1 atom stereocenters. The molecule has 0 spiro atoms. The molecule has 0 aliphatic carbocycles. The standard InChI is InChI=1S/C25H20N2O4S/c1-14-21(15(2)28)23(22-18-9-5-4-7-16(18)10-11-19(22)30-3)27-24(29)20(32-25(27)26-14)13-17-8-6-12-31-17/h4-13,23H,1-3H3. The van der Waals surface area contributed by atoms with E-state index < -0.39 is 6.04 Å². The molecule has 0 saturated heterocycles. The van der Waals surface area contributed by atoms with Crippen LogP contribution in [0.15, 0.2) is 80.3 Å². The highest BCUT2D eigenvalue weighted by Crippen LogP contribution is 2.40. The van der Waals surface area contributed by atoms with Gasteiger partial charge in [-0.1, -0.05) is 41.7 Å². The Hall–Kier alpha value is -3.71. The smallest absolute Gasteiger partial charge is 0.271 e. The molecule has 1 aliphatic rings. The first-order chi connectivity index (χ1) is 15.5.